The summed E-state index contributed by atoms with van der Waals surface area (Å²) in [6, 6.07) is 12.5. The molecule has 1 heterocycles. The van der Waals surface area contributed by atoms with Crippen molar-refractivity contribution in [3.8, 4) is 5.75 Å². The number of hydrogen-bond acceptors (Lipinski definition) is 5. The number of hydrogen-bond donors (Lipinski definition) is 1. The number of non-ortho nitro benzene ring substituents is 1. The summed E-state index contributed by atoms with van der Waals surface area (Å²) in [5, 5.41) is 20.2. The summed E-state index contributed by atoms with van der Waals surface area (Å²) in [6.07, 6.45) is 1.47. The second kappa shape index (κ2) is 7.15. The number of amides is 1. The molecular formula is C20H18N2O6. The van der Waals surface area contributed by atoms with Gasteiger partial charge >= 0.3 is 5.97 Å². The van der Waals surface area contributed by atoms with E-state index in [9.17, 15) is 24.8 Å². The number of carboxylic acid groups (broad SMARTS) is 1. The van der Waals surface area contributed by atoms with Crippen molar-refractivity contribution >= 4 is 29.3 Å². The molecule has 0 spiro atoms. The van der Waals surface area contributed by atoms with E-state index >= 15 is 0 Å². The monoisotopic (exact) mass is 382 g/mol. The minimum Gasteiger partial charge on any atom is -0.481 e. The van der Waals surface area contributed by atoms with Gasteiger partial charge in [-0.15, -0.1) is 0 Å². The van der Waals surface area contributed by atoms with Crippen LogP contribution in [0, 0.1) is 15.5 Å². The third-order valence-electron chi connectivity index (χ3n) is 4.37. The number of carboxylic acids is 1. The van der Waals surface area contributed by atoms with Gasteiger partial charge in [-0.1, -0.05) is 12.1 Å². The average Bonchev–Trinajstić information content (AvgIpc) is 2.65. The van der Waals surface area contributed by atoms with Gasteiger partial charge in [0.1, 0.15) is 0 Å². The first-order valence-electron chi connectivity index (χ1n) is 8.47. The minimum atomic E-state index is -1.17. The number of nitro benzene ring substituents is 1. The zero-order valence-electron chi connectivity index (χ0n) is 15.3. The molecule has 8 heteroatoms. The highest BCUT2D eigenvalue weighted by atomic mass is 16.6. The lowest BCUT2D eigenvalue weighted by Gasteiger charge is -2.34. The number of nitro groups is 1. The molecule has 1 N–H and O–H groups in total. The third kappa shape index (κ3) is 3.71. The SMILES string of the molecule is CC(C)(CN1C(=O)/C(=C\c2ccc([N+](=O)[O-])cc2)Oc2ccccc21)C(=O)O. The van der Waals surface area contributed by atoms with Gasteiger partial charge in [0.25, 0.3) is 11.6 Å². The molecule has 0 saturated heterocycles. The van der Waals surface area contributed by atoms with E-state index in [0.29, 0.717) is 17.0 Å². The Balaban J connectivity index is 1.99. The summed E-state index contributed by atoms with van der Waals surface area (Å²) >= 11 is 0. The van der Waals surface area contributed by atoms with Crippen molar-refractivity contribution in [2.24, 2.45) is 5.41 Å². The highest BCUT2D eigenvalue weighted by Crippen LogP contribution is 2.37. The maximum atomic E-state index is 13.0. The van der Waals surface area contributed by atoms with Crippen molar-refractivity contribution in [1.29, 1.82) is 0 Å². The molecule has 8 nitrogen and oxygen atoms in total. The van der Waals surface area contributed by atoms with Crippen molar-refractivity contribution in [3.63, 3.8) is 0 Å². The van der Waals surface area contributed by atoms with Gasteiger partial charge in [-0.3, -0.25) is 19.7 Å². The summed E-state index contributed by atoms with van der Waals surface area (Å²) in [6.45, 7) is 3.04. The Morgan fingerprint density at radius 2 is 1.86 bits per heavy atom. The number of carbonyl (C=O) groups is 2. The summed E-state index contributed by atoms with van der Waals surface area (Å²) in [5.41, 5.74) is -0.194. The fourth-order valence-electron chi connectivity index (χ4n) is 2.73. The lowest BCUT2D eigenvalue weighted by Crippen LogP contribution is -2.45. The topological polar surface area (TPSA) is 110 Å². The van der Waals surface area contributed by atoms with Gasteiger partial charge in [0.05, 0.1) is 16.0 Å². The maximum Gasteiger partial charge on any atom is 0.310 e. The van der Waals surface area contributed by atoms with Crippen LogP contribution in [-0.2, 0) is 9.59 Å². The van der Waals surface area contributed by atoms with Crippen LogP contribution in [0.3, 0.4) is 0 Å². The number of ether oxygens (including phenoxy) is 1. The van der Waals surface area contributed by atoms with Crippen LogP contribution in [0.5, 0.6) is 5.75 Å². The second-order valence-corrected chi connectivity index (χ2v) is 7.01. The van der Waals surface area contributed by atoms with Crippen molar-refractivity contribution in [1.82, 2.24) is 0 Å². The van der Waals surface area contributed by atoms with E-state index in [2.05, 4.69) is 0 Å². The van der Waals surface area contributed by atoms with E-state index in [0.717, 1.165) is 0 Å². The molecule has 144 valence electrons. The molecule has 3 rings (SSSR count). The van der Waals surface area contributed by atoms with E-state index in [1.807, 2.05) is 0 Å². The number of fused-ring (bicyclic) bond motifs is 1. The highest BCUT2D eigenvalue weighted by molar-refractivity contribution is 6.10. The van der Waals surface area contributed by atoms with Gasteiger partial charge in [0, 0.05) is 18.7 Å². The van der Waals surface area contributed by atoms with Crippen molar-refractivity contribution in [2.45, 2.75) is 13.8 Å². The van der Waals surface area contributed by atoms with Gasteiger partial charge in [-0.05, 0) is 49.8 Å². The predicted molar refractivity (Wildman–Crippen MR) is 102 cm³/mol. The smallest absolute Gasteiger partial charge is 0.310 e. The van der Waals surface area contributed by atoms with E-state index in [-0.39, 0.29) is 18.0 Å². The Labute approximate surface area is 160 Å². The van der Waals surface area contributed by atoms with Crippen molar-refractivity contribution in [3.05, 3.63) is 70.0 Å². The molecule has 0 atom stereocenters. The Morgan fingerprint density at radius 1 is 1.21 bits per heavy atom. The van der Waals surface area contributed by atoms with Crippen LogP contribution in [0.2, 0.25) is 0 Å². The zero-order valence-corrected chi connectivity index (χ0v) is 15.3. The van der Waals surface area contributed by atoms with Crippen molar-refractivity contribution in [2.75, 3.05) is 11.4 Å². The zero-order chi connectivity index (χ0) is 20.5. The molecule has 0 aromatic heterocycles. The minimum absolute atomic E-state index is 0.00809. The molecule has 1 aliphatic rings. The Morgan fingerprint density at radius 3 is 2.46 bits per heavy atom. The van der Waals surface area contributed by atoms with Crippen LogP contribution in [0.1, 0.15) is 19.4 Å². The molecule has 0 aliphatic carbocycles. The molecule has 0 radical (unpaired) electrons. The van der Waals surface area contributed by atoms with E-state index < -0.39 is 22.2 Å². The van der Waals surface area contributed by atoms with Gasteiger partial charge in [0.2, 0.25) is 0 Å². The van der Waals surface area contributed by atoms with E-state index in [1.165, 1.54) is 35.2 Å². The molecule has 28 heavy (non-hydrogen) atoms. The quantitative estimate of drug-likeness (QED) is 0.482. The first kappa shape index (κ1) is 19.1. The van der Waals surface area contributed by atoms with Crippen LogP contribution in [0.15, 0.2) is 54.3 Å². The van der Waals surface area contributed by atoms with Gasteiger partial charge in [-0.2, -0.15) is 0 Å². The molecule has 2 aromatic carbocycles. The molecule has 0 saturated carbocycles. The van der Waals surface area contributed by atoms with Crippen LogP contribution < -0.4 is 9.64 Å². The van der Waals surface area contributed by atoms with Crippen LogP contribution in [0.25, 0.3) is 6.08 Å². The fraction of sp³-hybridized carbons (Fsp3) is 0.200. The third-order valence-corrected chi connectivity index (χ3v) is 4.37. The normalized spacial score (nSPS) is 15.1. The van der Waals surface area contributed by atoms with Gasteiger partial charge in [0.15, 0.2) is 11.5 Å². The maximum absolute atomic E-state index is 13.0. The summed E-state index contributed by atoms with van der Waals surface area (Å²) in [5.74, 6) is -1.07. The molecule has 0 unspecified atom stereocenters. The Hall–Kier alpha value is -3.68. The molecule has 2 aromatic rings. The largest absolute Gasteiger partial charge is 0.481 e. The Bertz CT molecular complexity index is 978. The standard InChI is InChI=1S/C20H18N2O6/c1-20(2,19(24)25)12-21-15-5-3-4-6-16(15)28-17(18(21)23)11-13-7-9-14(10-8-13)22(26)27/h3-11H,12H2,1-2H3,(H,24,25)/b17-11+. The van der Waals surface area contributed by atoms with Gasteiger partial charge in [-0.25, -0.2) is 0 Å². The lowest BCUT2D eigenvalue weighted by molar-refractivity contribution is -0.384. The molecule has 0 bridgehead atoms. The number of benzene rings is 2. The number of carbonyl (C=O) groups excluding carboxylic acids is 1. The molecular weight excluding hydrogens is 364 g/mol. The van der Waals surface area contributed by atoms with E-state index in [1.54, 1.807) is 38.1 Å². The van der Waals surface area contributed by atoms with Crippen LogP contribution >= 0.6 is 0 Å². The first-order valence-corrected chi connectivity index (χ1v) is 8.47. The molecule has 1 aliphatic heterocycles. The molecule has 1 amide bonds. The van der Waals surface area contributed by atoms with Crippen molar-refractivity contribution < 1.29 is 24.4 Å². The second-order valence-electron chi connectivity index (χ2n) is 7.01. The number of rotatable bonds is 5. The highest BCUT2D eigenvalue weighted by Gasteiger charge is 2.37. The number of para-hydroxylation sites is 2. The lowest BCUT2D eigenvalue weighted by atomic mass is 9.92. The number of anilines is 1. The number of nitrogens with zero attached hydrogens (tertiary/aromatic N) is 2. The first-order chi connectivity index (χ1) is 13.2. The van der Waals surface area contributed by atoms with E-state index in [4.69, 9.17) is 4.74 Å². The Kier molecular flexibility index (Phi) is 4.87. The molecule has 0 fully saturated rings. The summed E-state index contributed by atoms with van der Waals surface area (Å²) < 4.78 is 5.72. The van der Waals surface area contributed by atoms with Gasteiger partial charge < -0.3 is 14.7 Å². The predicted octanol–water partition coefficient (Wildman–Crippen LogP) is 3.47. The summed E-state index contributed by atoms with van der Waals surface area (Å²) in [4.78, 5) is 36.2. The van der Waals surface area contributed by atoms with Crippen LogP contribution in [-0.4, -0.2) is 28.5 Å². The fourth-order valence-corrected chi connectivity index (χ4v) is 2.73. The average molecular weight is 382 g/mol. The number of aliphatic carboxylic acids is 1. The van der Waals surface area contributed by atoms with Crippen LogP contribution in [0.4, 0.5) is 11.4 Å². The summed E-state index contributed by atoms with van der Waals surface area (Å²) in [7, 11) is 0.